The van der Waals surface area contributed by atoms with Gasteiger partial charge in [0, 0.05) is 38.7 Å². The lowest BCUT2D eigenvalue weighted by molar-refractivity contribution is -0.146. The van der Waals surface area contributed by atoms with Crippen molar-refractivity contribution >= 4 is 23.0 Å². The number of benzene rings is 1. The van der Waals surface area contributed by atoms with E-state index in [1.165, 1.54) is 31.5 Å². The van der Waals surface area contributed by atoms with Crippen LogP contribution in [0.5, 0.6) is 5.88 Å². The second-order valence-corrected chi connectivity index (χ2v) is 8.50. The van der Waals surface area contributed by atoms with Gasteiger partial charge >= 0.3 is 6.18 Å². The molecule has 0 fully saturated rings. The number of fused-ring (bicyclic) bond motifs is 2. The van der Waals surface area contributed by atoms with Gasteiger partial charge in [0.15, 0.2) is 0 Å². The van der Waals surface area contributed by atoms with Crippen LogP contribution >= 0.6 is 0 Å². The van der Waals surface area contributed by atoms with E-state index >= 15 is 0 Å². The zero-order valence-corrected chi connectivity index (χ0v) is 19.9. The average molecular weight is 496 g/mol. The number of rotatable bonds is 4. The molecule has 3 aromatic heterocycles. The Morgan fingerprint density at radius 2 is 1.86 bits per heavy atom. The molecule has 11 heteroatoms. The Bertz CT molecular complexity index is 1490. The lowest BCUT2D eigenvalue weighted by atomic mass is 10.1. The molecule has 0 aliphatic carbocycles. The van der Waals surface area contributed by atoms with Gasteiger partial charge in [-0.25, -0.2) is 15.0 Å². The summed E-state index contributed by atoms with van der Waals surface area (Å²) in [6.45, 7) is 0.323. The number of hydrogen-bond donors (Lipinski definition) is 0. The number of halogens is 3. The van der Waals surface area contributed by atoms with E-state index in [1.807, 2.05) is 41.9 Å². The molecule has 36 heavy (non-hydrogen) atoms. The number of methoxy groups -OCH3 is 1. The van der Waals surface area contributed by atoms with Crippen LogP contribution in [0, 0.1) is 0 Å². The fraction of sp³-hybridized carbons (Fsp3) is 0.280. The lowest BCUT2D eigenvalue weighted by Crippen LogP contribution is -2.35. The predicted octanol–water partition coefficient (Wildman–Crippen LogP) is 3.99. The standard InChI is InChI=1S/C25H23F3N6O2/c1-32-18-13-34(12-11-17(18)31-24(32)25(26,27)28)19(35)10-9-16-20-22(29-14-30-23(20)36-3)33(2)21(16)15-7-5-4-6-8-15/h4-10,14H,11-13H2,1-3H3/b10-9+. The van der Waals surface area contributed by atoms with Crippen molar-refractivity contribution in [2.45, 2.75) is 19.1 Å². The van der Waals surface area contributed by atoms with Crippen LogP contribution in [-0.2, 0) is 38.0 Å². The van der Waals surface area contributed by atoms with Gasteiger partial charge in [-0.2, -0.15) is 13.2 Å². The molecular weight excluding hydrogens is 473 g/mol. The maximum atomic E-state index is 13.3. The molecule has 1 aliphatic heterocycles. The molecule has 0 saturated heterocycles. The third kappa shape index (κ3) is 3.90. The van der Waals surface area contributed by atoms with Crippen molar-refractivity contribution in [3.63, 3.8) is 0 Å². The van der Waals surface area contributed by atoms with E-state index in [-0.39, 0.29) is 25.4 Å². The van der Waals surface area contributed by atoms with Crippen LogP contribution in [0.4, 0.5) is 13.2 Å². The van der Waals surface area contributed by atoms with E-state index in [2.05, 4.69) is 15.0 Å². The van der Waals surface area contributed by atoms with Crippen molar-refractivity contribution in [3.8, 4) is 17.1 Å². The van der Waals surface area contributed by atoms with E-state index in [1.54, 1.807) is 6.08 Å². The van der Waals surface area contributed by atoms with Crippen molar-refractivity contribution in [2.75, 3.05) is 13.7 Å². The largest absolute Gasteiger partial charge is 0.480 e. The first-order valence-electron chi connectivity index (χ1n) is 11.2. The smallest absolute Gasteiger partial charge is 0.449 e. The normalized spacial score (nSPS) is 14.0. The quantitative estimate of drug-likeness (QED) is 0.399. The number of aromatic nitrogens is 5. The summed E-state index contributed by atoms with van der Waals surface area (Å²) in [5.74, 6) is -0.892. The van der Waals surface area contributed by atoms with Crippen molar-refractivity contribution in [1.29, 1.82) is 0 Å². The van der Waals surface area contributed by atoms with Gasteiger partial charge < -0.3 is 18.8 Å². The third-order valence-corrected chi connectivity index (χ3v) is 6.42. The summed E-state index contributed by atoms with van der Waals surface area (Å²) in [7, 11) is 4.72. The van der Waals surface area contributed by atoms with Gasteiger partial charge in [-0.05, 0) is 11.6 Å². The van der Waals surface area contributed by atoms with Crippen molar-refractivity contribution in [1.82, 2.24) is 29.0 Å². The number of imidazole rings is 1. The average Bonchev–Trinajstić information content (AvgIpc) is 3.36. The number of amides is 1. The summed E-state index contributed by atoms with van der Waals surface area (Å²) < 4.78 is 48.2. The Morgan fingerprint density at radius 3 is 2.56 bits per heavy atom. The van der Waals surface area contributed by atoms with E-state index in [4.69, 9.17) is 4.74 Å². The highest BCUT2D eigenvalue weighted by molar-refractivity contribution is 6.02. The first-order valence-corrected chi connectivity index (χ1v) is 11.2. The Labute approximate surface area is 204 Å². The molecule has 4 aromatic rings. The SMILES string of the molecule is COc1ncnc2c1c(/C=C/C(=O)N1CCc3nc(C(F)(F)F)n(C)c3C1)c(-c1ccccc1)n2C. The number of carbonyl (C=O) groups excluding carboxylic acids is 1. The molecule has 1 aromatic carbocycles. The highest BCUT2D eigenvalue weighted by atomic mass is 19.4. The number of nitrogens with zero attached hydrogens (tertiary/aromatic N) is 6. The molecule has 0 atom stereocenters. The Hall–Kier alpha value is -4.15. The summed E-state index contributed by atoms with van der Waals surface area (Å²) in [6.07, 6.45) is 0.246. The van der Waals surface area contributed by atoms with Crippen molar-refractivity contribution < 1.29 is 22.7 Å². The second kappa shape index (κ2) is 8.81. The molecule has 5 rings (SSSR count). The van der Waals surface area contributed by atoms with Gasteiger partial charge in [0.05, 0.1) is 36.1 Å². The third-order valence-electron chi connectivity index (χ3n) is 6.42. The molecule has 1 amide bonds. The zero-order valence-electron chi connectivity index (χ0n) is 19.9. The molecule has 1 aliphatic rings. The minimum atomic E-state index is -4.55. The molecule has 4 heterocycles. The lowest BCUT2D eigenvalue weighted by Gasteiger charge is -2.26. The maximum Gasteiger partial charge on any atom is 0.449 e. The van der Waals surface area contributed by atoms with E-state index in [0.717, 1.165) is 15.8 Å². The molecule has 8 nitrogen and oxygen atoms in total. The van der Waals surface area contributed by atoms with Gasteiger partial charge in [0.1, 0.15) is 12.0 Å². The molecule has 186 valence electrons. The number of ether oxygens (including phenoxy) is 1. The summed E-state index contributed by atoms with van der Waals surface area (Å²) in [5.41, 5.74) is 3.87. The molecule has 0 N–H and O–H groups in total. The van der Waals surface area contributed by atoms with Gasteiger partial charge in [0.2, 0.25) is 17.6 Å². The van der Waals surface area contributed by atoms with E-state index in [0.29, 0.717) is 33.9 Å². The molecule has 0 unspecified atom stereocenters. The number of carbonyl (C=O) groups is 1. The van der Waals surface area contributed by atoms with Crippen LogP contribution in [0.2, 0.25) is 0 Å². The first-order chi connectivity index (χ1) is 17.2. The fourth-order valence-electron chi connectivity index (χ4n) is 4.71. The molecule has 0 radical (unpaired) electrons. The Kier molecular flexibility index (Phi) is 5.77. The maximum absolute atomic E-state index is 13.3. The zero-order chi connectivity index (χ0) is 25.6. The first kappa shape index (κ1) is 23.6. The summed E-state index contributed by atoms with van der Waals surface area (Å²) in [4.78, 5) is 27.1. The predicted molar refractivity (Wildman–Crippen MR) is 127 cm³/mol. The monoisotopic (exact) mass is 496 g/mol. The topological polar surface area (TPSA) is 78.1 Å². The van der Waals surface area contributed by atoms with Gasteiger partial charge in [-0.1, -0.05) is 30.3 Å². The van der Waals surface area contributed by atoms with Crippen LogP contribution in [0.25, 0.3) is 28.4 Å². The molecule has 0 spiro atoms. The van der Waals surface area contributed by atoms with Crippen molar-refractivity contribution in [2.24, 2.45) is 14.1 Å². The Balaban J connectivity index is 1.52. The fourth-order valence-corrected chi connectivity index (χ4v) is 4.71. The molecule has 0 saturated carbocycles. The number of alkyl halides is 3. The highest BCUT2D eigenvalue weighted by Crippen LogP contribution is 2.37. The minimum absolute atomic E-state index is 0.0472. The molecular formula is C25H23F3N6O2. The summed E-state index contributed by atoms with van der Waals surface area (Å²) in [6, 6.07) is 9.67. The van der Waals surface area contributed by atoms with Gasteiger partial charge in [-0.15, -0.1) is 0 Å². The van der Waals surface area contributed by atoms with Crippen molar-refractivity contribution in [3.05, 3.63) is 65.5 Å². The van der Waals surface area contributed by atoms with Gasteiger partial charge in [0.25, 0.3) is 0 Å². The van der Waals surface area contributed by atoms with Gasteiger partial charge in [-0.3, -0.25) is 4.79 Å². The molecule has 0 bridgehead atoms. The van der Waals surface area contributed by atoms with E-state index < -0.39 is 12.0 Å². The Morgan fingerprint density at radius 1 is 1.11 bits per heavy atom. The number of hydrogen-bond acceptors (Lipinski definition) is 5. The van der Waals surface area contributed by atoms with Crippen LogP contribution in [0.1, 0.15) is 22.8 Å². The van der Waals surface area contributed by atoms with Crippen LogP contribution in [0.15, 0.2) is 42.7 Å². The number of aryl methyl sites for hydroxylation is 1. The second-order valence-electron chi connectivity index (χ2n) is 8.50. The summed E-state index contributed by atoms with van der Waals surface area (Å²) in [5, 5.41) is 0.660. The minimum Gasteiger partial charge on any atom is -0.480 e. The summed E-state index contributed by atoms with van der Waals surface area (Å²) >= 11 is 0. The van der Waals surface area contributed by atoms with Crippen LogP contribution in [-0.4, -0.2) is 48.5 Å². The highest BCUT2D eigenvalue weighted by Gasteiger charge is 2.39. The van der Waals surface area contributed by atoms with Crippen LogP contribution < -0.4 is 4.74 Å². The van der Waals surface area contributed by atoms with Crippen LogP contribution in [0.3, 0.4) is 0 Å². The van der Waals surface area contributed by atoms with E-state index in [9.17, 15) is 18.0 Å².